The number of morpholine rings is 1. The molecule has 1 N–H and O–H groups in total. The molecule has 0 amide bonds. The molecule has 96 valence electrons. The first-order valence-electron chi connectivity index (χ1n) is 5.89. The Morgan fingerprint density at radius 1 is 1.67 bits per heavy atom. The van der Waals surface area contributed by atoms with Gasteiger partial charge in [-0.3, -0.25) is 0 Å². The Morgan fingerprint density at radius 3 is 3.22 bits per heavy atom. The van der Waals surface area contributed by atoms with Crippen molar-refractivity contribution in [1.82, 2.24) is 4.98 Å². The van der Waals surface area contributed by atoms with Gasteiger partial charge in [0, 0.05) is 30.9 Å². The largest absolute Gasteiger partial charge is 0.478 e. The highest BCUT2D eigenvalue weighted by atomic mass is 16.5. The minimum Gasteiger partial charge on any atom is -0.478 e. The molecule has 0 radical (unpaired) electrons. The smallest absolute Gasteiger partial charge is 0.328 e. The Kier molecular flexibility index (Phi) is 3.94. The Bertz CT molecular complexity index is 459. The Labute approximate surface area is 106 Å². The second-order valence-electron chi connectivity index (χ2n) is 4.22. The highest BCUT2D eigenvalue weighted by Gasteiger charge is 2.19. The van der Waals surface area contributed by atoms with Gasteiger partial charge in [0.25, 0.3) is 0 Å². The third-order valence-electron chi connectivity index (χ3n) is 2.76. The van der Waals surface area contributed by atoms with Gasteiger partial charge in [-0.25, -0.2) is 9.78 Å². The number of carboxylic acid groups (broad SMARTS) is 1. The van der Waals surface area contributed by atoms with E-state index in [1.165, 1.54) is 0 Å². The molecule has 18 heavy (non-hydrogen) atoms. The third-order valence-corrected chi connectivity index (χ3v) is 2.76. The van der Waals surface area contributed by atoms with Crippen LogP contribution in [0, 0.1) is 0 Å². The zero-order valence-corrected chi connectivity index (χ0v) is 10.2. The number of rotatable bonds is 3. The normalized spacial score (nSPS) is 20.3. The molecular formula is C13H16N2O3. The first-order chi connectivity index (χ1) is 8.66. The van der Waals surface area contributed by atoms with Crippen LogP contribution in [-0.2, 0) is 9.53 Å². The number of anilines is 1. The summed E-state index contributed by atoms with van der Waals surface area (Å²) in [6, 6.07) is 3.66. The molecule has 0 spiro atoms. The molecule has 1 fully saturated rings. The molecule has 5 nitrogen and oxygen atoms in total. The molecule has 1 atom stereocenters. The van der Waals surface area contributed by atoms with E-state index in [-0.39, 0.29) is 6.10 Å². The van der Waals surface area contributed by atoms with Crippen LogP contribution in [0.25, 0.3) is 6.08 Å². The Morgan fingerprint density at radius 2 is 2.50 bits per heavy atom. The molecule has 0 saturated carbocycles. The quantitative estimate of drug-likeness (QED) is 0.819. The standard InChI is InChI=1S/C13H16N2O3/c1-10-9-15(7-8-18-10)13-11(3-2-6-14-13)4-5-12(16)17/h2-6,10H,7-9H2,1H3,(H,16,17)/b5-4+. The first kappa shape index (κ1) is 12.6. The molecule has 1 aliphatic heterocycles. The van der Waals surface area contributed by atoms with Crippen LogP contribution in [0.2, 0.25) is 0 Å². The van der Waals surface area contributed by atoms with Gasteiger partial charge in [-0.1, -0.05) is 0 Å². The van der Waals surface area contributed by atoms with Gasteiger partial charge in [0.1, 0.15) is 5.82 Å². The molecule has 0 aromatic carbocycles. The SMILES string of the molecule is CC1CN(c2ncccc2/C=C/C(=O)O)CCO1. The van der Waals surface area contributed by atoms with Gasteiger partial charge in [0.05, 0.1) is 12.7 Å². The summed E-state index contributed by atoms with van der Waals surface area (Å²) in [6.45, 7) is 4.22. The van der Waals surface area contributed by atoms with Crippen LogP contribution in [0.15, 0.2) is 24.4 Å². The topological polar surface area (TPSA) is 62.7 Å². The van der Waals surface area contributed by atoms with Gasteiger partial charge in [-0.05, 0) is 25.1 Å². The van der Waals surface area contributed by atoms with Gasteiger partial charge in [0.2, 0.25) is 0 Å². The summed E-state index contributed by atoms with van der Waals surface area (Å²) >= 11 is 0. The van der Waals surface area contributed by atoms with Gasteiger partial charge in [0.15, 0.2) is 0 Å². The molecule has 0 bridgehead atoms. The maximum Gasteiger partial charge on any atom is 0.328 e. The molecule has 0 aliphatic carbocycles. The molecule has 1 saturated heterocycles. The Balaban J connectivity index is 2.23. The fourth-order valence-electron chi connectivity index (χ4n) is 1.98. The average molecular weight is 248 g/mol. The highest BCUT2D eigenvalue weighted by molar-refractivity contribution is 5.86. The van der Waals surface area contributed by atoms with Crippen LogP contribution in [0.5, 0.6) is 0 Å². The van der Waals surface area contributed by atoms with E-state index < -0.39 is 5.97 Å². The molecule has 1 aromatic rings. The average Bonchev–Trinajstić information content (AvgIpc) is 2.36. The van der Waals surface area contributed by atoms with Crippen molar-refractivity contribution < 1.29 is 14.6 Å². The van der Waals surface area contributed by atoms with E-state index >= 15 is 0 Å². The maximum atomic E-state index is 10.6. The van der Waals surface area contributed by atoms with Crippen molar-refractivity contribution in [2.45, 2.75) is 13.0 Å². The van der Waals surface area contributed by atoms with Gasteiger partial charge in [-0.15, -0.1) is 0 Å². The number of pyridine rings is 1. The van der Waals surface area contributed by atoms with Crippen LogP contribution >= 0.6 is 0 Å². The van der Waals surface area contributed by atoms with E-state index in [1.807, 2.05) is 13.0 Å². The fraction of sp³-hybridized carbons (Fsp3) is 0.385. The number of aliphatic carboxylic acids is 1. The molecule has 2 rings (SSSR count). The van der Waals surface area contributed by atoms with Crippen LogP contribution < -0.4 is 4.90 Å². The summed E-state index contributed by atoms with van der Waals surface area (Å²) in [5.41, 5.74) is 0.814. The highest BCUT2D eigenvalue weighted by Crippen LogP contribution is 2.21. The second-order valence-corrected chi connectivity index (χ2v) is 4.22. The number of carboxylic acids is 1. The number of carbonyl (C=O) groups is 1. The zero-order chi connectivity index (χ0) is 13.0. The summed E-state index contributed by atoms with van der Waals surface area (Å²) < 4.78 is 5.49. The predicted molar refractivity (Wildman–Crippen MR) is 68.5 cm³/mol. The van der Waals surface area contributed by atoms with Gasteiger partial charge < -0.3 is 14.7 Å². The van der Waals surface area contributed by atoms with Gasteiger partial charge in [-0.2, -0.15) is 0 Å². The molecular weight excluding hydrogens is 232 g/mol. The van der Waals surface area contributed by atoms with E-state index in [0.717, 1.165) is 30.5 Å². The summed E-state index contributed by atoms with van der Waals surface area (Å²) in [7, 11) is 0. The molecule has 1 aliphatic rings. The predicted octanol–water partition coefficient (Wildman–Crippen LogP) is 1.40. The van der Waals surface area contributed by atoms with Crippen LogP contribution in [-0.4, -0.2) is 41.9 Å². The third kappa shape index (κ3) is 3.07. The lowest BCUT2D eigenvalue weighted by molar-refractivity contribution is -0.131. The lowest BCUT2D eigenvalue weighted by Gasteiger charge is -2.32. The van der Waals surface area contributed by atoms with E-state index in [1.54, 1.807) is 18.3 Å². The molecule has 5 heteroatoms. The van der Waals surface area contributed by atoms with Crippen molar-refractivity contribution >= 4 is 17.9 Å². The maximum absolute atomic E-state index is 10.6. The molecule has 2 heterocycles. The van der Waals surface area contributed by atoms with Crippen molar-refractivity contribution in [1.29, 1.82) is 0 Å². The monoisotopic (exact) mass is 248 g/mol. The van der Waals surface area contributed by atoms with Crippen molar-refractivity contribution in [3.63, 3.8) is 0 Å². The van der Waals surface area contributed by atoms with Gasteiger partial charge >= 0.3 is 5.97 Å². The second kappa shape index (κ2) is 5.64. The lowest BCUT2D eigenvalue weighted by atomic mass is 10.2. The number of hydrogen-bond donors (Lipinski definition) is 1. The van der Waals surface area contributed by atoms with E-state index in [2.05, 4.69) is 9.88 Å². The minimum atomic E-state index is -0.958. The van der Waals surface area contributed by atoms with E-state index in [4.69, 9.17) is 9.84 Å². The zero-order valence-electron chi connectivity index (χ0n) is 10.2. The number of hydrogen-bond acceptors (Lipinski definition) is 4. The molecule has 1 aromatic heterocycles. The summed E-state index contributed by atoms with van der Waals surface area (Å²) in [5.74, 6) is -0.148. The number of nitrogens with zero attached hydrogens (tertiary/aromatic N) is 2. The number of ether oxygens (including phenoxy) is 1. The fourth-order valence-corrected chi connectivity index (χ4v) is 1.98. The van der Waals surface area contributed by atoms with Crippen LogP contribution in [0.1, 0.15) is 12.5 Å². The van der Waals surface area contributed by atoms with Crippen molar-refractivity contribution in [2.24, 2.45) is 0 Å². The summed E-state index contributed by atoms with van der Waals surface area (Å²) in [6.07, 6.45) is 4.58. The Hall–Kier alpha value is -1.88. The lowest BCUT2D eigenvalue weighted by Crippen LogP contribution is -2.41. The van der Waals surface area contributed by atoms with Crippen LogP contribution in [0.4, 0.5) is 5.82 Å². The van der Waals surface area contributed by atoms with Crippen molar-refractivity contribution in [3.8, 4) is 0 Å². The molecule has 1 unspecified atom stereocenters. The van der Waals surface area contributed by atoms with E-state index in [9.17, 15) is 4.79 Å². The minimum absolute atomic E-state index is 0.164. The number of aromatic nitrogens is 1. The van der Waals surface area contributed by atoms with Crippen LogP contribution in [0.3, 0.4) is 0 Å². The van der Waals surface area contributed by atoms with E-state index in [0.29, 0.717) is 6.61 Å². The first-order valence-corrected chi connectivity index (χ1v) is 5.89. The summed E-state index contributed by atoms with van der Waals surface area (Å²) in [5, 5.41) is 8.68. The van der Waals surface area contributed by atoms with Crippen molar-refractivity contribution in [3.05, 3.63) is 30.0 Å². The summed E-state index contributed by atoms with van der Waals surface area (Å²) in [4.78, 5) is 17.0. The van der Waals surface area contributed by atoms with Crippen molar-refractivity contribution in [2.75, 3.05) is 24.6 Å².